The highest BCUT2D eigenvalue weighted by molar-refractivity contribution is 6.01. The lowest BCUT2D eigenvalue weighted by atomic mass is 9.83. The summed E-state index contributed by atoms with van der Waals surface area (Å²) >= 11 is 0. The number of urea groups is 1. The predicted octanol–water partition coefficient (Wildman–Crippen LogP) is 3.04. The van der Waals surface area contributed by atoms with Crippen LogP contribution in [0.15, 0.2) is 53.5 Å². The van der Waals surface area contributed by atoms with Gasteiger partial charge in [-0.15, -0.1) is 0 Å². The summed E-state index contributed by atoms with van der Waals surface area (Å²) in [6.07, 6.45) is -7.42. The number of nitrogens with one attached hydrogen (secondary N) is 2. The topological polar surface area (TPSA) is 203 Å². The highest BCUT2D eigenvalue weighted by Gasteiger charge is 2.61. The molecular weight excluding hydrogens is 830 g/mol. The van der Waals surface area contributed by atoms with Crippen LogP contribution in [0.2, 0.25) is 0 Å². The lowest BCUT2D eigenvalue weighted by Crippen LogP contribution is -2.81. The first-order chi connectivity index (χ1) is 29.1. The largest absolute Gasteiger partial charge is 0.416 e. The molecule has 332 valence electrons. The zero-order valence-electron chi connectivity index (χ0n) is 34.1. The highest BCUT2D eigenvalue weighted by Crippen LogP contribution is 2.37. The van der Waals surface area contributed by atoms with E-state index in [0.717, 1.165) is 24.3 Å². The summed E-state index contributed by atoms with van der Waals surface area (Å²) in [6, 6.07) is 11.7. The minimum absolute atomic E-state index is 0.0341. The molecule has 4 heterocycles. The number of benzene rings is 2. The number of aliphatic imine (C=N–C) groups is 1. The van der Waals surface area contributed by atoms with Crippen molar-refractivity contribution in [1.29, 1.82) is 10.5 Å². The number of hydrogen-bond donors (Lipinski definition) is 2. The average molecular weight is 875 g/mol. The molecular formula is C40H44F6N10O6. The standard InChI is InChI=1S/C20H22F3N5O3.C18H19F3N4O2.C2H3NO/c1-13(7-8-24)27-10-16(29)28(9-14-3-5-15(6-4-14)20(21,22)23)19(17(27)30)11-26(12-19)18(31)25-2;1-12(6-7-22)24-9-15(26)25(17(16(24)27)10-23-11-17)8-13-2-4-14(5-3-13)18(19,20)21;1-3-2-4/h3-6,13H,7,9-12H2,1-2H3,(H,25,31);2-5,12,23H,6,8-11H2,1H3;1H3. The number of carbonyl (C=O) groups is 5. The van der Waals surface area contributed by atoms with Crippen LogP contribution < -0.4 is 10.6 Å². The Kier molecular flexibility index (Phi) is 15.1. The van der Waals surface area contributed by atoms with E-state index in [9.17, 15) is 50.3 Å². The van der Waals surface area contributed by atoms with E-state index in [4.69, 9.17) is 15.3 Å². The molecule has 4 fully saturated rings. The van der Waals surface area contributed by atoms with Crippen LogP contribution in [-0.2, 0) is 49.4 Å². The number of amides is 6. The van der Waals surface area contributed by atoms with Crippen LogP contribution in [0.5, 0.6) is 0 Å². The van der Waals surface area contributed by atoms with Gasteiger partial charge in [-0.25, -0.2) is 14.6 Å². The SMILES string of the molecule is CC(CC#N)N1CC(=O)N(Cc2ccc(C(F)(F)F)cc2)C2(CNC2)C1=O.CN=C=O.CNC(=O)N1CC2(C1)C(=O)N(C(C)CC#N)CC(=O)N2Cc1ccc(C(F)(F)F)cc1. The molecule has 2 aromatic carbocycles. The van der Waals surface area contributed by atoms with Gasteiger partial charge in [0.05, 0.1) is 49.2 Å². The van der Waals surface area contributed by atoms with E-state index in [1.54, 1.807) is 13.8 Å². The van der Waals surface area contributed by atoms with Gasteiger partial charge in [0.15, 0.2) is 5.54 Å². The van der Waals surface area contributed by atoms with Crippen molar-refractivity contribution in [2.75, 3.05) is 53.4 Å². The zero-order valence-corrected chi connectivity index (χ0v) is 34.1. The highest BCUT2D eigenvalue weighted by atomic mass is 19.4. The van der Waals surface area contributed by atoms with E-state index < -0.39 is 46.6 Å². The fourth-order valence-corrected chi connectivity index (χ4v) is 7.38. The lowest BCUT2D eigenvalue weighted by molar-refractivity contribution is -0.178. The van der Waals surface area contributed by atoms with Crippen molar-refractivity contribution in [2.24, 2.45) is 4.99 Å². The monoisotopic (exact) mass is 874 g/mol. The van der Waals surface area contributed by atoms with Crippen LogP contribution in [0.4, 0.5) is 31.1 Å². The summed E-state index contributed by atoms with van der Waals surface area (Å²) < 4.78 is 76.6. The van der Waals surface area contributed by atoms with Crippen molar-refractivity contribution < 1.29 is 55.1 Å². The molecule has 0 aliphatic carbocycles. The molecule has 2 atom stereocenters. The molecule has 22 heteroatoms. The van der Waals surface area contributed by atoms with Crippen molar-refractivity contribution in [2.45, 2.75) is 75.3 Å². The van der Waals surface area contributed by atoms with Crippen molar-refractivity contribution >= 4 is 35.7 Å². The van der Waals surface area contributed by atoms with Crippen LogP contribution in [0.25, 0.3) is 0 Å². The summed E-state index contributed by atoms with van der Waals surface area (Å²) in [7, 11) is 2.83. The first kappa shape index (κ1) is 48.2. The van der Waals surface area contributed by atoms with E-state index in [1.165, 1.54) is 68.9 Å². The van der Waals surface area contributed by atoms with E-state index >= 15 is 0 Å². The molecule has 6 rings (SSSR count). The first-order valence-electron chi connectivity index (χ1n) is 19.1. The number of piperazine rings is 2. The van der Waals surface area contributed by atoms with Gasteiger partial charge in [0, 0.05) is 52.4 Å². The van der Waals surface area contributed by atoms with Crippen molar-refractivity contribution in [3.8, 4) is 12.1 Å². The van der Waals surface area contributed by atoms with Gasteiger partial charge >= 0.3 is 18.4 Å². The third kappa shape index (κ3) is 10.2. The lowest BCUT2D eigenvalue weighted by Gasteiger charge is -2.58. The van der Waals surface area contributed by atoms with Crippen LogP contribution >= 0.6 is 0 Å². The number of isocyanates is 1. The fourth-order valence-electron chi connectivity index (χ4n) is 7.38. The minimum Gasteiger partial charge on any atom is -0.341 e. The molecule has 0 bridgehead atoms. The van der Waals surface area contributed by atoms with E-state index in [-0.39, 0.29) is 94.9 Å². The number of halogens is 6. The summed E-state index contributed by atoms with van der Waals surface area (Å²) in [5.41, 5.74) is -2.96. The Morgan fingerprint density at radius 3 is 1.44 bits per heavy atom. The van der Waals surface area contributed by atoms with Gasteiger partial charge in [-0.05, 0) is 49.2 Å². The van der Waals surface area contributed by atoms with Gasteiger partial charge < -0.3 is 35.1 Å². The Balaban J connectivity index is 0.000000253. The fraction of sp³-hybridized carbons (Fsp3) is 0.500. The molecule has 2 spiro atoms. The molecule has 0 aromatic heterocycles. The normalized spacial score (nSPS) is 18.7. The third-order valence-corrected chi connectivity index (χ3v) is 11.0. The molecule has 4 aliphatic rings. The molecule has 4 aliphatic heterocycles. The molecule has 2 aromatic rings. The number of nitrogens with zero attached hydrogens (tertiary/aromatic N) is 8. The summed E-state index contributed by atoms with van der Waals surface area (Å²) in [5, 5.41) is 23.3. The van der Waals surface area contributed by atoms with Crippen LogP contribution in [0.1, 0.15) is 48.9 Å². The van der Waals surface area contributed by atoms with Gasteiger partial charge in [0.2, 0.25) is 17.9 Å². The first-order valence-corrected chi connectivity index (χ1v) is 19.1. The Labute approximate surface area is 352 Å². The van der Waals surface area contributed by atoms with Crippen LogP contribution in [0.3, 0.4) is 0 Å². The van der Waals surface area contributed by atoms with Gasteiger partial charge in [0.1, 0.15) is 18.6 Å². The van der Waals surface area contributed by atoms with Crippen molar-refractivity contribution in [3.63, 3.8) is 0 Å². The number of rotatable bonds is 8. The van der Waals surface area contributed by atoms with Gasteiger partial charge in [-0.3, -0.25) is 19.2 Å². The molecule has 16 nitrogen and oxygen atoms in total. The summed E-state index contributed by atoms with van der Waals surface area (Å²) in [6.45, 7) is 3.52. The second-order valence-corrected chi connectivity index (χ2v) is 15.0. The maximum absolute atomic E-state index is 13.3. The second kappa shape index (κ2) is 19.5. The molecule has 0 saturated carbocycles. The summed E-state index contributed by atoms with van der Waals surface area (Å²) in [4.78, 5) is 82.8. The molecule has 2 unspecified atom stereocenters. The van der Waals surface area contributed by atoms with Gasteiger partial charge in [-0.2, -0.15) is 36.9 Å². The summed E-state index contributed by atoms with van der Waals surface area (Å²) in [5.74, 6) is -1.26. The number of hydrogen-bond acceptors (Lipinski definition) is 10. The molecule has 0 radical (unpaired) electrons. The van der Waals surface area contributed by atoms with Crippen molar-refractivity contribution in [1.82, 2.24) is 35.1 Å². The van der Waals surface area contributed by atoms with Crippen molar-refractivity contribution in [3.05, 3.63) is 70.8 Å². The van der Waals surface area contributed by atoms with Gasteiger partial charge in [0.25, 0.3) is 11.8 Å². The zero-order chi connectivity index (χ0) is 46.2. The Morgan fingerprint density at radius 1 is 0.758 bits per heavy atom. The third-order valence-electron chi connectivity index (χ3n) is 11.0. The molecule has 4 saturated heterocycles. The molecule has 62 heavy (non-hydrogen) atoms. The quantitative estimate of drug-likeness (QED) is 0.227. The number of carbonyl (C=O) groups excluding carboxylic acids is 6. The van der Waals surface area contributed by atoms with Gasteiger partial charge in [-0.1, -0.05) is 24.3 Å². The van der Waals surface area contributed by atoms with Crippen LogP contribution in [-0.4, -0.2) is 137 Å². The van der Waals surface area contributed by atoms with E-state index in [2.05, 4.69) is 15.6 Å². The Hall–Kier alpha value is -6.51. The Morgan fingerprint density at radius 2 is 1.13 bits per heavy atom. The smallest absolute Gasteiger partial charge is 0.341 e. The molecule has 2 N–H and O–H groups in total. The maximum atomic E-state index is 13.3. The number of likely N-dealkylation sites (tertiary alicyclic amines) is 1. The minimum atomic E-state index is -4.48. The molecule has 6 amide bonds. The second-order valence-electron chi connectivity index (χ2n) is 15.0. The average Bonchev–Trinajstić information content (AvgIpc) is 3.19. The van der Waals surface area contributed by atoms with E-state index in [0.29, 0.717) is 11.1 Å². The number of nitriles is 2. The predicted molar refractivity (Wildman–Crippen MR) is 205 cm³/mol. The maximum Gasteiger partial charge on any atom is 0.416 e. The number of alkyl halides is 6. The van der Waals surface area contributed by atoms with Crippen LogP contribution in [0, 0.1) is 22.7 Å². The van der Waals surface area contributed by atoms with E-state index in [1.807, 2.05) is 12.1 Å². The Bertz CT molecular complexity index is 2120.